The van der Waals surface area contributed by atoms with E-state index in [0.717, 1.165) is 50.6 Å². The zero-order valence-electron chi connectivity index (χ0n) is 21.0. The summed E-state index contributed by atoms with van der Waals surface area (Å²) in [7, 11) is 0. The molecule has 0 bridgehead atoms. The van der Waals surface area contributed by atoms with Gasteiger partial charge in [0, 0.05) is 43.4 Å². The second kappa shape index (κ2) is 12.4. The van der Waals surface area contributed by atoms with E-state index in [2.05, 4.69) is 11.4 Å². The summed E-state index contributed by atoms with van der Waals surface area (Å²) in [5, 5.41) is 3.16. The maximum atomic E-state index is 13.5. The molecule has 1 atom stereocenters. The highest BCUT2D eigenvalue weighted by Crippen LogP contribution is 2.32. The van der Waals surface area contributed by atoms with Gasteiger partial charge in [0.1, 0.15) is 0 Å². The lowest BCUT2D eigenvalue weighted by Crippen LogP contribution is -2.46. The second-order valence-electron chi connectivity index (χ2n) is 9.90. The predicted octanol–water partition coefficient (Wildman–Crippen LogP) is 4.71. The van der Waals surface area contributed by atoms with Crippen molar-refractivity contribution in [2.45, 2.75) is 104 Å². The maximum Gasteiger partial charge on any atom is 0.251 e. The number of hydrogen-bond acceptors (Lipinski definition) is 3. The Bertz CT molecular complexity index is 775. The molecule has 0 aromatic rings. The molecule has 1 saturated carbocycles. The van der Waals surface area contributed by atoms with Crippen LogP contribution >= 0.6 is 0 Å². The van der Waals surface area contributed by atoms with Crippen LogP contribution in [0.3, 0.4) is 0 Å². The Balaban J connectivity index is 1.75. The van der Waals surface area contributed by atoms with Crippen LogP contribution in [0.4, 0.5) is 0 Å². The number of hydrogen-bond donors (Lipinski definition) is 1. The SMILES string of the molecule is CCN(CC)C(=O)C1=C(C)N(CCC2=CCCCC2)C(=O)C(CC(=O)NC2CCCCC2)C1. The topological polar surface area (TPSA) is 69.7 Å². The van der Waals surface area contributed by atoms with Gasteiger partial charge in [0.2, 0.25) is 11.8 Å². The number of nitrogens with one attached hydrogen (secondary N) is 1. The van der Waals surface area contributed by atoms with Gasteiger partial charge in [-0.15, -0.1) is 0 Å². The van der Waals surface area contributed by atoms with Crippen molar-refractivity contribution in [2.24, 2.45) is 5.92 Å². The molecule has 3 aliphatic rings. The summed E-state index contributed by atoms with van der Waals surface area (Å²) in [6.45, 7) is 7.73. The standard InChI is InChI=1S/C27H43N3O3/c1-4-29(5-2)27(33)24-18-22(19-25(31)28-23-14-10-7-11-15-23)26(32)30(20(24)3)17-16-21-12-8-6-9-13-21/h12,22-23H,4-11,13-19H2,1-3H3,(H,28,31). The smallest absolute Gasteiger partial charge is 0.251 e. The number of amides is 3. The molecule has 0 radical (unpaired) electrons. The number of likely N-dealkylation sites (N-methyl/N-ethyl adjacent to an activating group) is 1. The van der Waals surface area contributed by atoms with Gasteiger partial charge in [-0.05, 0) is 72.1 Å². The molecule has 1 heterocycles. The number of nitrogens with zero attached hydrogens (tertiary/aromatic N) is 2. The first-order valence-corrected chi connectivity index (χ1v) is 13.2. The molecule has 1 unspecified atom stereocenters. The summed E-state index contributed by atoms with van der Waals surface area (Å²) in [5.74, 6) is -0.514. The van der Waals surface area contributed by atoms with Crippen molar-refractivity contribution in [3.05, 3.63) is 22.9 Å². The highest BCUT2D eigenvalue weighted by Gasteiger charge is 2.37. The molecular formula is C27H43N3O3. The molecule has 33 heavy (non-hydrogen) atoms. The monoisotopic (exact) mass is 457 g/mol. The van der Waals surface area contributed by atoms with Crippen molar-refractivity contribution in [1.82, 2.24) is 15.1 Å². The highest BCUT2D eigenvalue weighted by atomic mass is 16.2. The molecule has 2 aliphatic carbocycles. The minimum Gasteiger partial charge on any atom is -0.353 e. The van der Waals surface area contributed by atoms with Crippen molar-refractivity contribution in [2.75, 3.05) is 19.6 Å². The third-order valence-corrected chi connectivity index (χ3v) is 7.66. The second-order valence-corrected chi connectivity index (χ2v) is 9.90. The minimum atomic E-state index is -0.466. The van der Waals surface area contributed by atoms with Crippen LogP contribution < -0.4 is 5.32 Å². The zero-order valence-corrected chi connectivity index (χ0v) is 21.0. The molecule has 184 valence electrons. The Hall–Kier alpha value is -2.11. The van der Waals surface area contributed by atoms with Gasteiger partial charge in [0.15, 0.2) is 0 Å². The van der Waals surface area contributed by atoms with Crippen LogP contribution in [-0.2, 0) is 14.4 Å². The van der Waals surface area contributed by atoms with Crippen LogP contribution in [0, 0.1) is 5.92 Å². The quantitative estimate of drug-likeness (QED) is 0.510. The van der Waals surface area contributed by atoms with E-state index in [1.807, 2.05) is 25.7 Å². The van der Waals surface area contributed by atoms with Crippen LogP contribution in [0.1, 0.15) is 97.8 Å². The average Bonchev–Trinajstić information content (AvgIpc) is 2.82. The summed E-state index contributed by atoms with van der Waals surface area (Å²) in [4.78, 5) is 43.2. The Kier molecular flexibility index (Phi) is 9.57. The fraction of sp³-hybridized carbons (Fsp3) is 0.741. The van der Waals surface area contributed by atoms with E-state index in [1.54, 1.807) is 4.90 Å². The largest absolute Gasteiger partial charge is 0.353 e. The van der Waals surface area contributed by atoms with Crippen molar-refractivity contribution in [3.8, 4) is 0 Å². The molecule has 1 aliphatic heterocycles. The Morgan fingerprint density at radius 3 is 2.45 bits per heavy atom. The number of carbonyl (C=O) groups excluding carboxylic acids is 3. The first kappa shape index (κ1) is 25.5. The fourth-order valence-corrected chi connectivity index (χ4v) is 5.56. The van der Waals surface area contributed by atoms with Crippen LogP contribution in [-0.4, -0.2) is 53.2 Å². The van der Waals surface area contributed by atoms with Gasteiger partial charge in [0.25, 0.3) is 5.91 Å². The lowest BCUT2D eigenvalue weighted by atomic mass is 9.87. The molecule has 0 aromatic carbocycles. The van der Waals surface area contributed by atoms with Crippen LogP contribution in [0.25, 0.3) is 0 Å². The fourth-order valence-electron chi connectivity index (χ4n) is 5.56. The van der Waals surface area contributed by atoms with Crippen LogP contribution in [0.5, 0.6) is 0 Å². The first-order chi connectivity index (χ1) is 15.9. The van der Waals surface area contributed by atoms with E-state index >= 15 is 0 Å². The van der Waals surface area contributed by atoms with Crippen LogP contribution in [0.2, 0.25) is 0 Å². The van der Waals surface area contributed by atoms with Crippen molar-refractivity contribution in [3.63, 3.8) is 0 Å². The summed E-state index contributed by atoms with van der Waals surface area (Å²) in [6, 6.07) is 0.230. The lowest BCUT2D eigenvalue weighted by Gasteiger charge is -2.36. The third kappa shape index (κ3) is 6.70. The van der Waals surface area contributed by atoms with E-state index in [4.69, 9.17) is 0 Å². The molecule has 0 saturated heterocycles. The highest BCUT2D eigenvalue weighted by molar-refractivity contribution is 5.98. The molecule has 6 heteroatoms. The predicted molar refractivity (Wildman–Crippen MR) is 131 cm³/mol. The van der Waals surface area contributed by atoms with Gasteiger partial charge in [-0.3, -0.25) is 14.4 Å². The van der Waals surface area contributed by atoms with Gasteiger partial charge < -0.3 is 15.1 Å². The molecule has 1 fully saturated rings. The van der Waals surface area contributed by atoms with E-state index in [9.17, 15) is 14.4 Å². The van der Waals surface area contributed by atoms with Gasteiger partial charge >= 0.3 is 0 Å². The summed E-state index contributed by atoms with van der Waals surface area (Å²) in [6.07, 6.45) is 13.9. The molecule has 3 amide bonds. The summed E-state index contributed by atoms with van der Waals surface area (Å²) < 4.78 is 0. The Morgan fingerprint density at radius 1 is 1.09 bits per heavy atom. The van der Waals surface area contributed by atoms with Crippen molar-refractivity contribution in [1.29, 1.82) is 0 Å². The maximum absolute atomic E-state index is 13.5. The normalized spacial score (nSPS) is 22.3. The van der Waals surface area contributed by atoms with Gasteiger partial charge in [-0.25, -0.2) is 0 Å². The first-order valence-electron chi connectivity index (χ1n) is 13.2. The summed E-state index contributed by atoms with van der Waals surface area (Å²) >= 11 is 0. The third-order valence-electron chi connectivity index (χ3n) is 7.66. The van der Waals surface area contributed by atoms with Gasteiger partial charge in [-0.1, -0.05) is 30.9 Å². The van der Waals surface area contributed by atoms with E-state index in [-0.39, 0.29) is 30.2 Å². The Morgan fingerprint density at radius 2 is 1.82 bits per heavy atom. The molecule has 0 spiro atoms. The van der Waals surface area contributed by atoms with Crippen LogP contribution in [0.15, 0.2) is 22.9 Å². The van der Waals surface area contributed by atoms with E-state index in [1.165, 1.54) is 24.8 Å². The molecule has 3 rings (SSSR count). The van der Waals surface area contributed by atoms with E-state index < -0.39 is 5.92 Å². The van der Waals surface area contributed by atoms with Crippen molar-refractivity contribution < 1.29 is 14.4 Å². The lowest BCUT2D eigenvalue weighted by molar-refractivity contribution is -0.138. The summed E-state index contributed by atoms with van der Waals surface area (Å²) in [5.41, 5.74) is 2.89. The zero-order chi connectivity index (χ0) is 23.8. The molecule has 6 nitrogen and oxygen atoms in total. The molecule has 0 aromatic heterocycles. The Labute approximate surface area is 199 Å². The van der Waals surface area contributed by atoms with Crippen molar-refractivity contribution >= 4 is 17.7 Å². The average molecular weight is 458 g/mol. The molecular weight excluding hydrogens is 414 g/mol. The molecule has 1 N–H and O–H groups in total. The van der Waals surface area contributed by atoms with Gasteiger partial charge in [-0.2, -0.15) is 0 Å². The number of rotatable bonds is 9. The number of allylic oxidation sites excluding steroid dienone is 2. The van der Waals surface area contributed by atoms with Gasteiger partial charge in [0.05, 0.1) is 5.92 Å². The van der Waals surface area contributed by atoms with E-state index in [0.29, 0.717) is 31.6 Å². The minimum absolute atomic E-state index is 0.00111. The number of carbonyl (C=O) groups is 3.